The highest BCUT2D eigenvalue weighted by Crippen LogP contribution is 2.09. The number of aryl methyl sites for hydroxylation is 1. The van der Waals surface area contributed by atoms with E-state index in [4.69, 9.17) is 0 Å². The molecule has 5 nitrogen and oxygen atoms in total. The van der Waals surface area contributed by atoms with Gasteiger partial charge >= 0.3 is 0 Å². The number of imidazole rings is 1. The van der Waals surface area contributed by atoms with E-state index >= 15 is 0 Å². The number of hydrogen-bond acceptors (Lipinski definition) is 2. The summed E-state index contributed by atoms with van der Waals surface area (Å²) in [5, 5.41) is 6.80. The first-order valence-corrected chi connectivity index (χ1v) is 9.85. The first kappa shape index (κ1) is 19.7. The number of guanidine groups is 1. The predicted molar refractivity (Wildman–Crippen MR) is 115 cm³/mol. The van der Waals surface area contributed by atoms with E-state index in [0.717, 1.165) is 44.3 Å². The molecule has 3 aromatic rings. The van der Waals surface area contributed by atoms with Gasteiger partial charge < -0.3 is 15.2 Å². The van der Waals surface area contributed by atoms with Crippen LogP contribution in [0.25, 0.3) is 0 Å². The van der Waals surface area contributed by atoms with E-state index in [2.05, 4.69) is 80.6 Å². The van der Waals surface area contributed by atoms with Gasteiger partial charge in [-0.1, -0.05) is 61.5 Å². The molecule has 0 saturated carbocycles. The summed E-state index contributed by atoms with van der Waals surface area (Å²) in [7, 11) is 1.80. The minimum atomic E-state index is 0.770. The van der Waals surface area contributed by atoms with Crippen LogP contribution in [-0.4, -0.2) is 29.1 Å². The Kier molecular flexibility index (Phi) is 7.24. The van der Waals surface area contributed by atoms with Gasteiger partial charge in [0, 0.05) is 45.5 Å². The van der Waals surface area contributed by atoms with E-state index in [9.17, 15) is 0 Å². The Bertz CT molecular complexity index is 883. The molecule has 2 N–H and O–H groups in total. The van der Waals surface area contributed by atoms with Crippen LogP contribution in [-0.2, 0) is 25.9 Å². The van der Waals surface area contributed by atoms with E-state index in [1.807, 2.05) is 18.5 Å². The Morgan fingerprint density at radius 1 is 1.00 bits per heavy atom. The van der Waals surface area contributed by atoms with E-state index in [1.165, 1.54) is 16.7 Å². The standard InChI is InChI=1S/C23H29N5/c1-3-20-11-7-8-12-21(20)17-27-23(24-2)26-14-13-22-25-15-16-28(22)18-19-9-5-4-6-10-19/h4-12,15-16H,3,13-14,17-18H2,1-2H3,(H2,24,26,27). The maximum Gasteiger partial charge on any atom is 0.191 e. The summed E-state index contributed by atoms with van der Waals surface area (Å²) >= 11 is 0. The van der Waals surface area contributed by atoms with Crippen LogP contribution in [0.3, 0.4) is 0 Å². The molecule has 0 unspecified atom stereocenters. The Morgan fingerprint density at radius 2 is 1.75 bits per heavy atom. The molecular formula is C23H29N5. The lowest BCUT2D eigenvalue weighted by Gasteiger charge is -2.14. The van der Waals surface area contributed by atoms with Crippen LogP contribution >= 0.6 is 0 Å². The van der Waals surface area contributed by atoms with Crippen LogP contribution in [0.5, 0.6) is 0 Å². The molecule has 2 aromatic carbocycles. The zero-order chi connectivity index (χ0) is 19.6. The van der Waals surface area contributed by atoms with Gasteiger partial charge in [0.1, 0.15) is 5.82 Å². The molecular weight excluding hydrogens is 346 g/mol. The van der Waals surface area contributed by atoms with E-state index in [1.54, 1.807) is 7.05 Å². The molecule has 5 heteroatoms. The van der Waals surface area contributed by atoms with Crippen LogP contribution in [0.1, 0.15) is 29.4 Å². The number of nitrogens with one attached hydrogen (secondary N) is 2. The van der Waals surface area contributed by atoms with Crippen molar-refractivity contribution in [3.63, 3.8) is 0 Å². The molecule has 0 spiro atoms. The second-order valence-corrected chi connectivity index (χ2v) is 6.68. The summed E-state index contributed by atoms with van der Waals surface area (Å²) in [6, 6.07) is 19.0. The van der Waals surface area contributed by atoms with Crippen molar-refractivity contribution >= 4 is 5.96 Å². The summed E-state index contributed by atoms with van der Waals surface area (Å²) in [6.45, 7) is 4.58. The predicted octanol–water partition coefficient (Wildman–Crippen LogP) is 3.40. The average Bonchev–Trinajstić information content (AvgIpc) is 3.18. The molecule has 146 valence electrons. The third kappa shape index (κ3) is 5.46. The van der Waals surface area contributed by atoms with Crippen molar-refractivity contribution in [1.82, 2.24) is 20.2 Å². The van der Waals surface area contributed by atoms with Crippen molar-refractivity contribution in [2.45, 2.75) is 32.9 Å². The highest BCUT2D eigenvalue weighted by atomic mass is 15.2. The summed E-state index contributed by atoms with van der Waals surface area (Å²) in [5.41, 5.74) is 3.96. The topological polar surface area (TPSA) is 54.2 Å². The molecule has 0 aliphatic carbocycles. The highest BCUT2D eigenvalue weighted by molar-refractivity contribution is 5.79. The number of benzene rings is 2. The molecule has 28 heavy (non-hydrogen) atoms. The molecule has 3 rings (SSSR count). The van der Waals surface area contributed by atoms with E-state index < -0.39 is 0 Å². The van der Waals surface area contributed by atoms with Crippen LogP contribution < -0.4 is 10.6 Å². The number of hydrogen-bond donors (Lipinski definition) is 2. The fourth-order valence-electron chi connectivity index (χ4n) is 3.26. The largest absolute Gasteiger partial charge is 0.356 e. The van der Waals surface area contributed by atoms with Gasteiger partial charge in [-0.3, -0.25) is 4.99 Å². The van der Waals surface area contributed by atoms with Gasteiger partial charge in [-0.2, -0.15) is 0 Å². The molecule has 0 aliphatic rings. The Balaban J connectivity index is 1.49. The fourth-order valence-corrected chi connectivity index (χ4v) is 3.26. The molecule has 0 atom stereocenters. The highest BCUT2D eigenvalue weighted by Gasteiger charge is 2.05. The zero-order valence-electron chi connectivity index (χ0n) is 16.7. The molecule has 1 heterocycles. The molecule has 0 bridgehead atoms. The number of aliphatic imine (C=N–C) groups is 1. The summed E-state index contributed by atoms with van der Waals surface area (Å²) in [6.07, 6.45) is 5.78. The lowest BCUT2D eigenvalue weighted by molar-refractivity contribution is 0.693. The number of aromatic nitrogens is 2. The van der Waals surface area contributed by atoms with Gasteiger partial charge in [-0.25, -0.2) is 4.98 Å². The summed E-state index contributed by atoms with van der Waals surface area (Å²) in [4.78, 5) is 8.85. The lowest BCUT2D eigenvalue weighted by atomic mass is 10.1. The smallest absolute Gasteiger partial charge is 0.191 e. The minimum Gasteiger partial charge on any atom is -0.356 e. The van der Waals surface area contributed by atoms with Crippen LogP contribution in [0, 0.1) is 0 Å². The van der Waals surface area contributed by atoms with E-state index in [-0.39, 0.29) is 0 Å². The minimum absolute atomic E-state index is 0.770. The molecule has 1 aromatic heterocycles. The Morgan fingerprint density at radius 3 is 2.50 bits per heavy atom. The van der Waals surface area contributed by atoms with Gasteiger partial charge in [0.15, 0.2) is 5.96 Å². The third-order valence-corrected chi connectivity index (χ3v) is 4.81. The first-order chi connectivity index (χ1) is 13.8. The van der Waals surface area contributed by atoms with Gasteiger partial charge in [0.05, 0.1) is 0 Å². The SMILES string of the molecule is CCc1ccccc1CNC(=NC)NCCc1nccn1Cc1ccccc1. The maximum absolute atomic E-state index is 4.51. The van der Waals surface area contributed by atoms with Crippen LogP contribution in [0.4, 0.5) is 0 Å². The van der Waals surface area contributed by atoms with Crippen molar-refractivity contribution in [2.75, 3.05) is 13.6 Å². The monoisotopic (exact) mass is 375 g/mol. The van der Waals surface area contributed by atoms with Gasteiger partial charge in [-0.15, -0.1) is 0 Å². The second kappa shape index (κ2) is 10.3. The molecule has 0 aliphatic heterocycles. The normalized spacial score (nSPS) is 11.4. The molecule has 0 radical (unpaired) electrons. The third-order valence-electron chi connectivity index (χ3n) is 4.81. The molecule has 0 fully saturated rings. The quantitative estimate of drug-likeness (QED) is 0.469. The van der Waals surface area contributed by atoms with Crippen molar-refractivity contribution in [3.8, 4) is 0 Å². The first-order valence-electron chi connectivity index (χ1n) is 9.85. The van der Waals surface area contributed by atoms with Crippen molar-refractivity contribution in [3.05, 3.63) is 89.5 Å². The summed E-state index contributed by atoms with van der Waals surface area (Å²) < 4.78 is 2.20. The lowest BCUT2D eigenvalue weighted by Crippen LogP contribution is -2.38. The number of rotatable bonds is 8. The fraction of sp³-hybridized carbons (Fsp3) is 0.304. The Hall–Kier alpha value is -3.08. The van der Waals surface area contributed by atoms with Crippen LogP contribution in [0.2, 0.25) is 0 Å². The number of nitrogens with zero attached hydrogens (tertiary/aromatic N) is 3. The maximum atomic E-state index is 4.51. The van der Waals surface area contributed by atoms with Gasteiger partial charge in [0.25, 0.3) is 0 Å². The van der Waals surface area contributed by atoms with Crippen molar-refractivity contribution in [2.24, 2.45) is 4.99 Å². The summed E-state index contributed by atoms with van der Waals surface area (Å²) in [5.74, 6) is 1.88. The van der Waals surface area contributed by atoms with Gasteiger partial charge in [-0.05, 0) is 23.1 Å². The zero-order valence-corrected chi connectivity index (χ0v) is 16.7. The molecule has 0 amide bonds. The molecule has 0 saturated heterocycles. The van der Waals surface area contributed by atoms with E-state index in [0.29, 0.717) is 0 Å². The van der Waals surface area contributed by atoms with Gasteiger partial charge in [0.2, 0.25) is 0 Å². The Labute approximate surface area is 167 Å². The van der Waals surface area contributed by atoms with Crippen LogP contribution in [0.15, 0.2) is 72.0 Å². The van der Waals surface area contributed by atoms with Crippen molar-refractivity contribution in [1.29, 1.82) is 0 Å². The second-order valence-electron chi connectivity index (χ2n) is 6.68. The van der Waals surface area contributed by atoms with Crippen molar-refractivity contribution < 1.29 is 0 Å². The average molecular weight is 376 g/mol.